The number of rotatable bonds is 8. The van der Waals surface area contributed by atoms with Crippen LogP contribution in [0.3, 0.4) is 0 Å². The van der Waals surface area contributed by atoms with Crippen LogP contribution in [0.4, 0.5) is 4.79 Å². The number of carbonyl (C=O) groups excluding carboxylic acids is 4. The van der Waals surface area contributed by atoms with E-state index in [1.807, 2.05) is 0 Å². The standard InChI is InChI=1S/C15H15ClN2O6S/c16-10-2-1-3-11(6-10)23-8-14(21)24-7-12(19)17-4-5-18-13(20)9-25-15(18)22/h1-3,6H,4-5,7-9H2,(H,17,19). The van der Waals surface area contributed by atoms with Crippen molar-refractivity contribution < 1.29 is 28.7 Å². The summed E-state index contributed by atoms with van der Waals surface area (Å²) in [6.45, 7) is -0.661. The molecule has 8 nitrogen and oxygen atoms in total. The van der Waals surface area contributed by atoms with Crippen LogP contribution in [0.2, 0.25) is 5.02 Å². The Labute approximate surface area is 152 Å². The van der Waals surface area contributed by atoms with E-state index in [0.29, 0.717) is 10.8 Å². The Morgan fingerprint density at radius 1 is 1.28 bits per heavy atom. The van der Waals surface area contributed by atoms with Gasteiger partial charge in [0.05, 0.1) is 5.75 Å². The van der Waals surface area contributed by atoms with Crippen LogP contribution in [0.1, 0.15) is 0 Å². The SMILES string of the molecule is O=C(COC(=O)COc1cccc(Cl)c1)NCCN1C(=O)CSC1=O. The summed E-state index contributed by atoms with van der Waals surface area (Å²) in [6.07, 6.45) is 0. The van der Waals surface area contributed by atoms with Crippen molar-refractivity contribution in [2.45, 2.75) is 0 Å². The Hall–Kier alpha value is -2.26. The van der Waals surface area contributed by atoms with Gasteiger partial charge in [0, 0.05) is 18.1 Å². The second-order valence-electron chi connectivity index (χ2n) is 4.86. The number of imide groups is 1. The van der Waals surface area contributed by atoms with Gasteiger partial charge in [0.2, 0.25) is 5.91 Å². The lowest BCUT2D eigenvalue weighted by molar-refractivity contribution is -0.150. The van der Waals surface area contributed by atoms with Gasteiger partial charge >= 0.3 is 5.97 Å². The Morgan fingerprint density at radius 3 is 2.76 bits per heavy atom. The number of ether oxygens (including phenoxy) is 2. The fourth-order valence-electron chi connectivity index (χ4n) is 1.84. The van der Waals surface area contributed by atoms with E-state index in [1.165, 1.54) is 0 Å². The highest BCUT2D eigenvalue weighted by atomic mass is 35.5. The molecule has 1 heterocycles. The van der Waals surface area contributed by atoms with Crippen LogP contribution in [0.5, 0.6) is 5.75 Å². The Balaban J connectivity index is 1.60. The summed E-state index contributed by atoms with van der Waals surface area (Å²) in [5, 5.41) is 2.60. The first-order valence-corrected chi connectivity index (χ1v) is 8.60. The molecule has 0 aliphatic carbocycles. The molecule has 1 saturated heterocycles. The molecule has 0 bridgehead atoms. The maximum Gasteiger partial charge on any atom is 0.344 e. The predicted octanol–water partition coefficient (Wildman–Crippen LogP) is 1.07. The Bertz CT molecular complexity index is 668. The number of amides is 3. The van der Waals surface area contributed by atoms with Gasteiger partial charge in [0.15, 0.2) is 13.2 Å². The third kappa shape index (κ3) is 6.28. The molecule has 1 fully saturated rings. The summed E-state index contributed by atoms with van der Waals surface area (Å²) < 4.78 is 9.94. The van der Waals surface area contributed by atoms with Gasteiger partial charge in [-0.15, -0.1) is 0 Å². The van der Waals surface area contributed by atoms with Crippen LogP contribution < -0.4 is 10.1 Å². The van der Waals surface area contributed by atoms with Gasteiger partial charge in [-0.05, 0) is 18.2 Å². The highest BCUT2D eigenvalue weighted by Gasteiger charge is 2.29. The van der Waals surface area contributed by atoms with Gasteiger partial charge in [-0.2, -0.15) is 0 Å². The van der Waals surface area contributed by atoms with Crippen molar-refractivity contribution in [2.75, 3.05) is 32.1 Å². The molecule has 0 spiro atoms. The van der Waals surface area contributed by atoms with Crippen LogP contribution >= 0.6 is 23.4 Å². The number of thioether (sulfide) groups is 1. The highest BCUT2D eigenvalue weighted by Crippen LogP contribution is 2.18. The highest BCUT2D eigenvalue weighted by molar-refractivity contribution is 8.14. The lowest BCUT2D eigenvalue weighted by Gasteiger charge is -2.13. The zero-order chi connectivity index (χ0) is 18.2. The van der Waals surface area contributed by atoms with Crippen molar-refractivity contribution in [1.82, 2.24) is 10.2 Å². The third-order valence-corrected chi connectivity index (χ3v) is 4.11. The average molecular weight is 387 g/mol. The van der Waals surface area contributed by atoms with Crippen LogP contribution in [0, 0.1) is 0 Å². The monoisotopic (exact) mass is 386 g/mol. The maximum absolute atomic E-state index is 11.6. The van der Waals surface area contributed by atoms with E-state index in [1.54, 1.807) is 24.3 Å². The first kappa shape index (κ1) is 19.1. The van der Waals surface area contributed by atoms with E-state index in [9.17, 15) is 19.2 Å². The summed E-state index contributed by atoms with van der Waals surface area (Å²) >= 11 is 6.70. The summed E-state index contributed by atoms with van der Waals surface area (Å²) in [4.78, 5) is 46.9. The molecule has 1 aliphatic heterocycles. The quantitative estimate of drug-likeness (QED) is 0.667. The zero-order valence-corrected chi connectivity index (χ0v) is 14.6. The third-order valence-electron chi connectivity index (χ3n) is 3.02. The molecule has 2 rings (SSSR count). The average Bonchev–Trinajstić information content (AvgIpc) is 2.90. The second-order valence-corrected chi connectivity index (χ2v) is 6.22. The van der Waals surface area contributed by atoms with Crippen molar-refractivity contribution in [1.29, 1.82) is 0 Å². The fourth-order valence-corrected chi connectivity index (χ4v) is 2.77. The van der Waals surface area contributed by atoms with Gasteiger partial charge in [-0.25, -0.2) is 4.79 Å². The van der Waals surface area contributed by atoms with Crippen molar-refractivity contribution in [3.05, 3.63) is 29.3 Å². The van der Waals surface area contributed by atoms with Gasteiger partial charge < -0.3 is 14.8 Å². The van der Waals surface area contributed by atoms with Gasteiger partial charge in [-0.1, -0.05) is 29.4 Å². The largest absolute Gasteiger partial charge is 0.482 e. The molecule has 0 unspecified atom stereocenters. The minimum Gasteiger partial charge on any atom is -0.482 e. The predicted molar refractivity (Wildman–Crippen MR) is 90.5 cm³/mol. The van der Waals surface area contributed by atoms with E-state index in [-0.39, 0.29) is 36.6 Å². The van der Waals surface area contributed by atoms with Crippen LogP contribution in [0.15, 0.2) is 24.3 Å². The van der Waals surface area contributed by atoms with Crippen LogP contribution in [0.25, 0.3) is 0 Å². The van der Waals surface area contributed by atoms with Crippen molar-refractivity contribution in [2.24, 2.45) is 0 Å². The molecule has 1 aromatic carbocycles. The van der Waals surface area contributed by atoms with Gasteiger partial charge in [0.25, 0.3) is 11.1 Å². The summed E-state index contributed by atoms with van der Waals surface area (Å²) in [5.41, 5.74) is 0. The molecule has 0 aromatic heterocycles. The van der Waals surface area contributed by atoms with Gasteiger partial charge in [0.1, 0.15) is 5.75 Å². The number of esters is 1. The molecular weight excluding hydrogens is 372 g/mol. The Morgan fingerprint density at radius 2 is 2.08 bits per heavy atom. The van der Waals surface area contributed by atoms with E-state index in [4.69, 9.17) is 21.1 Å². The van der Waals surface area contributed by atoms with Crippen molar-refractivity contribution in [3.8, 4) is 5.75 Å². The molecule has 1 N–H and O–H groups in total. The molecule has 1 aromatic rings. The van der Waals surface area contributed by atoms with Crippen molar-refractivity contribution >= 4 is 46.4 Å². The number of hydrogen-bond donors (Lipinski definition) is 1. The molecular formula is C15H15ClN2O6S. The minimum absolute atomic E-state index is 0.0855. The van der Waals surface area contributed by atoms with E-state index in [0.717, 1.165) is 16.7 Å². The molecule has 0 atom stereocenters. The topological polar surface area (TPSA) is 102 Å². The number of carbonyl (C=O) groups is 4. The first-order chi connectivity index (χ1) is 12.0. The molecule has 1 aliphatic rings. The van der Waals surface area contributed by atoms with E-state index in [2.05, 4.69) is 5.32 Å². The normalized spacial score (nSPS) is 13.7. The summed E-state index contributed by atoms with van der Waals surface area (Å²) in [7, 11) is 0. The molecule has 0 radical (unpaired) electrons. The lowest BCUT2D eigenvalue weighted by Crippen LogP contribution is -2.39. The molecule has 134 valence electrons. The van der Waals surface area contributed by atoms with E-state index >= 15 is 0 Å². The number of benzene rings is 1. The lowest BCUT2D eigenvalue weighted by atomic mass is 10.3. The number of nitrogens with zero attached hydrogens (tertiary/aromatic N) is 1. The first-order valence-electron chi connectivity index (χ1n) is 7.23. The second kappa shape index (κ2) is 9.28. The van der Waals surface area contributed by atoms with E-state index < -0.39 is 18.5 Å². The molecule has 25 heavy (non-hydrogen) atoms. The van der Waals surface area contributed by atoms with Gasteiger partial charge in [-0.3, -0.25) is 19.3 Å². The fraction of sp³-hybridized carbons (Fsp3) is 0.333. The van der Waals surface area contributed by atoms with Crippen LogP contribution in [-0.4, -0.2) is 60.0 Å². The molecule has 10 heteroatoms. The maximum atomic E-state index is 11.6. The van der Waals surface area contributed by atoms with Crippen molar-refractivity contribution in [3.63, 3.8) is 0 Å². The molecule has 3 amide bonds. The number of halogens is 1. The van der Waals surface area contributed by atoms with Crippen LogP contribution in [-0.2, 0) is 19.1 Å². The zero-order valence-electron chi connectivity index (χ0n) is 13.0. The number of nitrogens with one attached hydrogen (secondary N) is 1. The minimum atomic E-state index is -0.712. The smallest absolute Gasteiger partial charge is 0.344 e. The Kier molecular flexibility index (Phi) is 7.08. The summed E-state index contributed by atoms with van der Waals surface area (Å²) in [5.74, 6) is -1.00. The summed E-state index contributed by atoms with van der Waals surface area (Å²) in [6, 6.07) is 6.51. The number of hydrogen-bond acceptors (Lipinski definition) is 7. The molecule has 0 saturated carbocycles.